The number of anilines is 1. The number of nitro benzene ring substituents is 1. The van der Waals surface area contributed by atoms with E-state index >= 15 is 0 Å². The van der Waals surface area contributed by atoms with Crippen LogP contribution >= 0.6 is 0 Å². The second kappa shape index (κ2) is 8.29. The number of carbonyl (C=O) groups excluding carboxylic acids is 1. The lowest BCUT2D eigenvalue weighted by molar-refractivity contribution is -0.384. The van der Waals surface area contributed by atoms with Crippen LogP contribution in [0.2, 0.25) is 0 Å². The van der Waals surface area contributed by atoms with Gasteiger partial charge in [0.25, 0.3) is 5.69 Å². The number of hydrogen-bond acceptors (Lipinski definition) is 5. The second-order valence-electron chi connectivity index (χ2n) is 6.00. The summed E-state index contributed by atoms with van der Waals surface area (Å²) in [6.45, 7) is 4.04. The van der Waals surface area contributed by atoms with Crippen LogP contribution in [0.3, 0.4) is 0 Å². The number of rotatable bonds is 6. The minimum atomic E-state index is -0.509. The number of benzene rings is 1. The molecule has 1 amide bonds. The SMILES string of the molecule is CCCCNC(=O)C1CCCN(c2ccc([N+](=O)[O-])cc2C#N)C1. The predicted molar refractivity (Wildman–Crippen MR) is 90.7 cm³/mol. The molecule has 0 aromatic heterocycles. The second-order valence-corrected chi connectivity index (χ2v) is 6.00. The molecule has 1 aliphatic rings. The van der Waals surface area contributed by atoms with E-state index in [-0.39, 0.29) is 23.1 Å². The summed E-state index contributed by atoms with van der Waals surface area (Å²) in [5.74, 6) is -0.0640. The predicted octanol–water partition coefficient (Wildman–Crippen LogP) is 2.60. The monoisotopic (exact) mass is 330 g/mol. The maximum atomic E-state index is 12.3. The molecular formula is C17H22N4O3. The fraction of sp³-hybridized carbons (Fsp3) is 0.529. The Balaban J connectivity index is 2.10. The molecule has 1 aliphatic heterocycles. The third kappa shape index (κ3) is 4.22. The zero-order chi connectivity index (χ0) is 17.5. The largest absolute Gasteiger partial charge is 0.370 e. The number of nitriles is 1. The molecule has 1 N–H and O–H groups in total. The molecule has 0 saturated carbocycles. The van der Waals surface area contributed by atoms with E-state index in [0.29, 0.717) is 18.8 Å². The van der Waals surface area contributed by atoms with E-state index in [9.17, 15) is 20.2 Å². The smallest absolute Gasteiger partial charge is 0.270 e. The van der Waals surface area contributed by atoms with Crippen LogP contribution in [0.15, 0.2) is 18.2 Å². The Hall–Kier alpha value is -2.62. The van der Waals surface area contributed by atoms with Gasteiger partial charge in [0.1, 0.15) is 6.07 Å². The molecule has 1 heterocycles. The van der Waals surface area contributed by atoms with Crippen molar-refractivity contribution < 1.29 is 9.72 Å². The molecule has 1 aromatic carbocycles. The number of non-ortho nitro benzene ring substituents is 1. The van der Waals surface area contributed by atoms with Crippen LogP contribution in [0, 0.1) is 27.4 Å². The maximum absolute atomic E-state index is 12.3. The number of nitrogens with one attached hydrogen (secondary N) is 1. The Morgan fingerprint density at radius 1 is 1.54 bits per heavy atom. The van der Waals surface area contributed by atoms with Crippen LogP contribution in [0.1, 0.15) is 38.2 Å². The topological polar surface area (TPSA) is 99.3 Å². The average Bonchev–Trinajstić information content (AvgIpc) is 2.61. The van der Waals surface area contributed by atoms with Gasteiger partial charge in [-0.05, 0) is 25.3 Å². The normalized spacial score (nSPS) is 17.2. The first-order valence-corrected chi connectivity index (χ1v) is 8.28. The van der Waals surface area contributed by atoms with Gasteiger partial charge in [0.2, 0.25) is 5.91 Å². The average molecular weight is 330 g/mol. The van der Waals surface area contributed by atoms with Gasteiger partial charge in [-0.3, -0.25) is 14.9 Å². The molecule has 0 radical (unpaired) electrons. The highest BCUT2D eigenvalue weighted by Gasteiger charge is 2.27. The van der Waals surface area contributed by atoms with Crippen molar-refractivity contribution in [3.8, 4) is 6.07 Å². The highest BCUT2D eigenvalue weighted by Crippen LogP contribution is 2.29. The van der Waals surface area contributed by atoms with Gasteiger partial charge in [-0.15, -0.1) is 0 Å². The summed E-state index contributed by atoms with van der Waals surface area (Å²) in [5, 5.41) is 23.1. The molecule has 7 nitrogen and oxygen atoms in total. The lowest BCUT2D eigenvalue weighted by atomic mass is 9.96. The Bertz CT molecular complexity index is 654. The fourth-order valence-electron chi connectivity index (χ4n) is 2.95. The number of nitro groups is 1. The van der Waals surface area contributed by atoms with E-state index in [4.69, 9.17) is 0 Å². The Morgan fingerprint density at radius 3 is 3.00 bits per heavy atom. The van der Waals surface area contributed by atoms with Crippen molar-refractivity contribution in [2.45, 2.75) is 32.6 Å². The summed E-state index contributed by atoms with van der Waals surface area (Å²) < 4.78 is 0. The molecule has 1 fully saturated rings. The molecule has 0 spiro atoms. The maximum Gasteiger partial charge on any atom is 0.270 e. The number of nitrogens with zero attached hydrogens (tertiary/aromatic N) is 3. The lowest BCUT2D eigenvalue weighted by Crippen LogP contribution is -2.43. The van der Waals surface area contributed by atoms with Gasteiger partial charge in [0, 0.05) is 31.8 Å². The molecular weight excluding hydrogens is 308 g/mol. The van der Waals surface area contributed by atoms with Crippen LogP contribution < -0.4 is 10.2 Å². The molecule has 0 bridgehead atoms. The lowest BCUT2D eigenvalue weighted by Gasteiger charge is -2.34. The van der Waals surface area contributed by atoms with E-state index in [0.717, 1.165) is 32.2 Å². The van der Waals surface area contributed by atoms with Gasteiger partial charge in [0.05, 0.1) is 22.1 Å². The summed E-state index contributed by atoms with van der Waals surface area (Å²) >= 11 is 0. The first-order valence-electron chi connectivity index (χ1n) is 8.28. The molecule has 1 unspecified atom stereocenters. The van der Waals surface area contributed by atoms with Gasteiger partial charge in [-0.25, -0.2) is 0 Å². The van der Waals surface area contributed by atoms with Crippen molar-refractivity contribution in [2.75, 3.05) is 24.5 Å². The van der Waals surface area contributed by atoms with E-state index < -0.39 is 4.92 Å². The molecule has 24 heavy (non-hydrogen) atoms. The van der Waals surface area contributed by atoms with Gasteiger partial charge in [-0.2, -0.15) is 5.26 Å². The van der Waals surface area contributed by atoms with Crippen LogP contribution in [0.5, 0.6) is 0 Å². The van der Waals surface area contributed by atoms with Crippen molar-refractivity contribution in [1.29, 1.82) is 5.26 Å². The summed E-state index contributed by atoms with van der Waals surface area (Å²) in [4.78, 5) is 24.6. The summed E-state index contributed by atoms with van der Waals surface area (Å²) in [7, 11) is 0. The molecule has 128 valence electrons. The van der Waals surface area contributed by atoms with E-state index in [2.05, 4.69) is 12.2 Å². The summed E-state index contributed by atoms with van der Waals surface area (Å²) in [6, 6.07) is 6.33. The van der Waals surface area contributed by atoms with Gasteiger partial charge in [-0.1, -0.05) is 13.3 Å². The van der Waals surface area contributed by atoms with Gasteiger partial charge < -0.3 is 10.2 Å². The number of hydrogen-bond donors (Lipinski definition) is 1. The van der Waals surface area contributed by atoms with Crippen LogP contribution in [0.25, 0.3) is 0 Å². The summed E-state index contributed by atoms with van der Waals surface area (Å²) in [6.07, 6.45) is 3.67. The van der Waals surface area contributed by atoms with Crippen molar-refractivity contribution in [3.63, 3.8) is 0 Å². The number of carbonyl (C=O) groups is 1. The highest BCUT2D eigenvalue weighted by molar-refractivity contribution is 5.79. The number of unbranched alkanes of at least 4 members (excludes halogenated alkanes) is 1. The third-order valence-electron chi connectivity index (χ3n) is 4.27. The molecule has 1 aromatic rings. The molecule has 1 atom stereocenters. The van der Waals surface area contributed by atoms with Crippen LogP contribution in [-0.4, -0.2) is 30.5 Å². The minimum Gasteiger partial charge on any atom is -0.370 e. The number of amides is 1. The van der Waals surface area contributed by atoms with Crippen molar-refractivity contribution >= 4 is 17.3 Å². The number of piperidine rings is 1. The van der Waals surface area contributed by atoms with Crippen molar-refractivity contribution in [1.82, 2.24) is 5.32 Å². The molecule has 1 saturated heterocycles. The zero-order valence-electron chi connectivity index (χ0n) is 13.8. The minimum absolute atomic E-state index is 0.0496. The van der Waals surface area contributed by atoms with Crippen molar-refractivity contribution in [3.05, 3.63) is 33.9 Å². The van der Waals surface area contributed by atoms with Crippen molar-refractivity contribution in [2.24, 2.45) is 5.92 Å². The molecule has 0 aliphatic carbocycles. The van der Waals surface area contributed by atoms with Crippen LogP contribution in [0.4, 0.5) is 11.4 Å². The Labute approximate surface area is 141 Å². The first kappa shape index (κ1) is 17.7. The highest BCUT2D eigenvalue weighted by atomic mass is 16.6. The Kier molecular flexibility index (Phi) is 6.13. The van der Waals surface area contributed by atoms with E-state index in [1.54, 1.807) is 6.07 Å². The Morgan fingerprint density at radius 2 is 2.33 bits per heavy atom. The molecule has 2 rings (SSSR count). The standard InChI is InChI=1S/C17H22N4O3/c1-2-3-8-19-17(22)13-5-4-9-20(12-13)16-7-6-15(21(23)24)10-14(16)11-18/h6-7,10,13H,2-5,8-9,12H2,1H3,(H,19,22). The molecule has 7 heteroatoms. The third-order valence-corrected chi connectivity index (χ3v) is 4.27. The quantitative estimate of drug-likeness (QED) is 0.491. The van der Waals surface area contributed by atoms with E-state index in [1.165, 1.54) is 12.1 Å². The first-order chi connectivity index (χ1) is 11.6. The van der Waals surface area contributed by atoms with Gasteiger partial charge >= 0.3 is 0 Å². The van der Waals surface area contributed by atoms with Crippen LogP contribution in [-0.2, 0) is 4.79 Å². The van der Waals surface area contributed by atoms with E-state index in [1.807, 2.05) is 11.0 Å². The zero-order valence-corrected chi connectivity index (χ0v) is 13.8. The fourth-order valence-corrected chi connectivity index (χ4v) is 2.95. The summed E-state index contributed by atoms with van der Waals surface area (Å²) in [5.41, 5.74) is 0.839. The van der Waals surface area contributed by atoms with Gasteiger partial charge in [0.15, 0.2) is 0 Å².